The quantitative estimate of drug-likeness (QED) is 0.170. The van der Waals surface area contributed by atoms with Crippen molar-refractivity contribution in [1.29, 1.82) is 0 Å². The maximum absolute atomic E-state index is 6.52. The molecule has 0 bridgehead atoms. The van der Waals surface area contributed by atoms with Crippen LogP contribution in [0.4, 0.5) is 0 Å². The maximum Gasteiger partial charge on any atom is 0.218 e. The molecule has 5 aromatic heterocycles. The Morgan fingerprint density at radius 1 is 0.596 bits per heavy atom. The number of para-hydroxylation sites is 1. The highest BCUT2D eigenvalue weighted by Gasteiger charge is 2.28. The lowest BCUT2D eigenvalue weighted by Gasteiger charge is -2.22. The highest BCUT2D eigenvalue weighted by atomic mass is 16.3. The molecule has 1 aliphatic rings. The van der Waals surface area contributed by atoms with Crippen LogP contribution in [-0.4, -0.2) is 9.38 Å². The second kappa shape index (κ2) is 12.5. The molecule has 0 amide bonds. The predicted octanol–water partition coefficient (Wildman–Crippen LogP) is 13.4. The lowest BCUT2D eigenvalue weighted by molar-refractivity contribution is -0.571. The highest BCUT2D eigenvalue weighted by molar-refractivity contribution is 6.30. The van der Waals surface area contributed by atoms with Crippen LogP contribution in [0, 0.1) is 0 Å². The second-order valence-corrected chi connectivity index (χ2v) is 15.7. The third-order valence-electron chi connectivity index (χ3n) is 12.6. The monoisotopic (exact) mass is 732 g/mol. The van der Waals surface area contributed by atoms with Gasteiger partial charge in [0.2, 0.25) is 5.69 Å². The van der Waals surface area contributed by atoms with Crippen molar-refractivity contribution in [2.24, 2.45) is 0 Å². The lowest BCUT2D eigenvalue weighted by Crippen LogP contribution is -2.34. The fourth-order valence-corrected chi connectivity index (χ4v) is 9.95. The number of fused-ring (bicyclic) bond motifs is 13. The van der Waals surface area contributed by atoms with E-state index < -0.39 is 0 Å². The minimum Gasteiger partial charge on any atom is -0.456 e. The summed E-state index contributed by atoms with van der Waals surface area (Å²) in [4.78, 5) is 4.79. The Balaban J connectivity index is 1.16. The van der Waals surface area contributed by atoms with Gasteiger partial charge in [-0.25, -0.2) is 0 Å². The Morgan fingerprint density at radius 3 is 2.28 bits per heavy atom. The van der Waals surface area contributed by atoms with E-state index >= 15 is 0 Å². The van der Waals surface area contributed by atoms with Crippen LogP contribution < -0.4 is 4.57 Å². The van der Waals surface area contributed by atoms with Crippen LogP contribution in [0.2, 0.25) is 0 Å². The van der Waals surface area contributed by atoms with E-state index in [2.05, 4.69) is 161 Å². The van der Waals surface area contributed by atoms with Gasteiger partial charge in [-0.05, 0) is 115 Å². The first-order valence-corrected chi connectivity index (χ1v) is 20.0. The zero-order valence-corrected chi connectivity index (χ0v) is 31.5. The fraction of sp³-hybridized carbons (Fsp3) is 0.0943. The fourth-order valence-electron chi connectivity index (χ4n) is 9.95. The molecule has 270 valence electrons. The van der Waals surface area contributed by atoms with Crippen LogP contribution in [0.5, 0.6) is 0 Å². The van der Waals surface area contributed by atoms with Crippen molar-refractivity contribution in [3.05, 3.63) is 182 Å². The molecule has 0 saturated heterocycles. The van der Waals surface area contributed by atoms with E-state index in [9.17, 15) is 0 Å². The smallest absolute Gasteiger partial charge is 0.218 e. The van der Waals surface area contributed by atoms with E-state index in [1.54, 1.807) is 0 Å². The van der Waals surface area contributed by atoms with E-state index in [1.807, 2.05) is 12.3 Å². The molecule has 6 aromatic carbocycles. The average molecular weight is 733 g/mol. The molecule has 0 aliphatic carbocycles. The number of rotatable bonds is 3. The molecule has 0 saturated carbocycles. The van der Waals surface area contributed by atoms with Gasteiger partial charge in [-0.1, -0.05) is 78.9 Å². The van der Waals surface area contributed by atoms with Crippen molar-refractivity contribution in [3.63, 3.8) is 0 Å². The van der Waals surface area contributed by atoms with Gasteiger partial charge in [0.1, 0.15) is 11.2 Å². The van der Waals surface area contributed by atoms with Gasteiger partial charge in [0.15, 0.2) is 11.9 Å². The first-order valence-electron chi connectivity index (χ1n) is 20.0. The largest absolute Gasteiger partial charge is 0.456 e. The normalized spacial score (nSPS) is 14.9. The van der Waals surface area contributed by atoms with Crippen LogP contribution in [-0.2, 0) is 6.42 Å². The number of allylic oxidation sites excluding steroid dienone is 1. The zero-order valence-electron chi connectivity index (χ0n) is 31.5. The Kier molecular flexibility index (Phi) is 7.06. The third-order valence-corrected chi connectivity index (χ3v) is 12.6. The Bertz CT molecular complexity index is 3370. The number of furan rings is 1. The van der Waals surface area contributed by atoms with Gasteiger partial charge >= 0.3 is 0 Å². The summed E-state index contributed by atoms with van der Waals surface area (Å²) in [7, 11) is 0. The second-order valence-electron chi connectivity index (χ2n) is 15.7. The topological polar surface area (TPSA) is 34.3 Å². The first-order chi connectivity index (χ1) is 28.2. The van der Waals surface area contributed by atoms with Crippen molar-refractivity contribution < 1.29 is 8.98 Å². The van der Waals surface area contributed by atoms with Crippen LogP contribution in [0.25, 0.3) is 99.4 Å². The summed E-state index contributed by atoms with van der Waals surface area (Å²) in [6, 6.07) is 55.2. The summed E-state index contributed by atoms with van der Waals surface area (Å²) in [6.07, 6.45) is 7.94. The molecule has 12 rings (SSSR count). The molecule has 57 heavy (non-hydrogen) atoms. The molecule has 1 aliphatic heterocycles. The number of benzene rings is 6. The van der Waals surface area contributed by atoms with Crippen molar-refractivity contribution in [1.82, 2.24) is 9.38 Å². The molecule has 4 heteroatoms. The molecule has 4 nitrogen and oxygen atoms in total. The van der Waals surface area contributed by atoms with Gasteiger partial charge in [-0.3, -0.25) is 4.98 Å². The van der Waals surface area contributed by atoms with Crippen LogP contribution in [0.15, 0.2) is 175 Å². The molecular weight excluding hydrogens is 695 g/mol. The Labute approximate surface area is 329 Å². The average Bonchev–Trinajstić information content (AvgIpc) is 3.92. The van der Waals surface area contributed by atoms with Crippen LogP contribution >= 0.6 is 0 Å². The lowest BCUT2D eigenvalue weighted by atomic mass is 9.83. The summed E-state index contributed by atoms with van der Waals surface area (Å²) < 4.78 is 11.4. The van der Waals surface area contributed by atoms with Crippen LogP contribution in [0.3, 0.4) is 0 Å². The van der Waals surface area contributed by atoms with Gasteiger partial charge in [0, 0.05) is 57.2 Å². The number of hydrogen-bond donors (Lipinski definition) is 0. The van der Waals surface area contributed by atoms with Gasteiger partial charge in [0.05, 0.1) is 33.2 Å². The molecule has 0 radical (unpaired) electrons. The minimum absolute atomic E-state index is 0.327. The third kappa shape index (κ3) is 4.87. The van der Waals surface area contributed by atoms with E-state index in [1.165, 1.54) is 82.6 Å². The van der Waals surface area contributed by atoms with Crippen molar-refractivity contribution in [2.45, 2.75) is 31.6 Å². The minimum atomic E-state index is 0.327. The van der Waals surface area contributed by atoms with E-state index in [0.717, 1.165) is 53.6 Å². The molecular formula is C53H38N3O+. The Hall–Kier alpha value is -7.04. The van der Waals surface area contributed by atoms with E-state index in [0.29, 0.717) is 5.92 Å². The van der Waals surface area contributed by atoms with Gasteiger partial charge in [0.25, 0.3) is 0 Å². The molecule has 6 heterocycles. The summed E-state index contributed by atoms with van der Waals surface area (Å²) in [6.45, 7) is 4.70. The number of aryl methyl sites for hydroxylation is 1. The van der Waals surface area contributed by atoms with Crippen molar-refractivity contribution in [2.75, 3.05) is 0 Å². The standard InChI is InChI=1S/C53H38N3O/c1-33-21-22-35(38-15-5-6-16-39(38)46-18-9-11-27-54-46)23-24-36-31-48-43(32-42(36)47-19-10-12-28-55(33)47)45-30-37(34-13-3-2-4-14-34)29-44-40-25-26-50-51(53(40)56(48)52(44)45)41-17-7-8-20-49(41)57-50/h2-20,25-32,35H,1,21-24H2/q+1. The van der Waals surface area contributed by atoms with Crippen LogP contribution in [0.1, 0.15) is 36.3 Å². The molecule has 1 atom stereocenters. The predicted molar refractivity (Wildman–Crippen MR) is 235 cm³/mol. The number of nitrogens with zero attached hydrogens (tertiary/aromatic N) is 3. The molecule has 0 N–H and O–H groups in total. The van der Waals surface area contributed by atoms with Gasteiger partial charge in [-0.2, -0.15) is 4.57 Å². The summed E-state index contributed by atoms with van der Waals surface area (Å²) in [5.74, 6) is 0.327. The Morgan fingerprint density at radius 2 is 1.39 bits per heavy atom. The number of pyridine rings is 2. The zero-order chi connectivity index (χ0) is 37.6. The molecule has 1 unspecified atom stereocenters. The summed E-state index contributed by atoms with van der Waals surface area (Å²) in [5.41, 5.74) is 16.5. The SMILES string of the molecule is C=C1CCC(c2ccccc2-c2ccccn2)CCc2cc3c(cc2-c2cccc[n+]21)c1cc(-c2ccccc2)cc2c4ccc5oc6ccccc6c5c4n3c12. The van der Waals surface area contributed by atoms with Gasteiger partial charge in [-0.15, -0.1) is 0 Å². The first kappa shape index (κ1) is 32.2. The molecule has 11 aromatic rings. The summed E-state index contributed by atoms with van der Waals surface area (Å²) in [5, 5.41) is 7.35. The molecule has 0 fully saturated rings. The maximum atomic E-state index is 6.52. The van der Waals surface area contributed by atoms with E-state index in [4.69, 9.17) is 16.0 Å². The van der Waals surface area contributed by atoms with Crippen molar-refractivity contribution in [3.8, 4) is 33.6 Å². The summed E-state index contributed by atoms with van der Waals surface area (Å²) >= 11 is 0. The molecule has 0 spiro atoms. The highest BCUT2D eigenvalue weighted by Crippen LogP contribution is 2.47. The van der Waals surface area contributed by atoms with Crippen molar-refractivity contribution >= 4 is 65.7 Å². The van der Waals surface area contributed by atoms with Gasteiger partial charge < -0.3 is 8.82 Å². The number of aromatic nitrogens is 3. The van der Waals surface area contributed by atoms with E-state index in [-0.39, 0.29) is 0 Å². The number of hydrogen-bond acceptors (Lipinski definition) is 2.